The normalized spacial score (nSPS) is 25.0. The van der Waals surface area contributed by atoms with Crippen LogP contribution in [0.15, 0.2) is 24.3 Å². The number of halogens is 1. The van der Waals surface area contributed by atoms with Crippen LogP contribution in [0.2, 0.25) is 0 Å². The minimum absolute atomic E-state index is 0.326. The Morgan fingerprint density at radius 2 is 2.18 bits per heavy atom. The molecule has 94 valence electrons. The van der Waals surface area contributed by atoms with Crippen molar-refractivity contribution in [2.75, 3.05) is 25.1 Å². The maximum absolute atomic E-state index is 5.99. The fraction of sp³-hybridized carbons (Fsp3) is 0.571. The summed E-state index contributed by atoms with van der Waals surface area (Å²) in [6.07, 6.45) is 1.50. The highest BCUT2D eigenvalue weighted by atomic mass is 35.5. The molecule has 1 fully saturated rings. The number of nitrogens with zero attached hydrogens (tertiary/aromatic N) is 1. The van der Waals surface area contributed by atoms with Crippen LogP contribution in [0.3, 0.4) is 0 Å². The highest BCUT2D eigenvalue weighted by Crippen LogP contribution is 2.28. The maximum atomic E-state index is 5.99. The predicted octanol–water partition coefficient (Wildman–Crippen LogP) is 3.29. The third kappa shape index (κ3) is 2.75. The van der Waals surface area contributed by atoms with Crippen molar-refractivity contribution in [1.82, 2.24) is 0 Å². The Morgan fingerprint density at radius 3 is 2.88 bits per heavy atom. The first-order chi connectivity index (χ1) is 8.26. The number of methoxy groups -OCH3 is 1. The summed E-state index contributed by atoms with van der Waals surface area (Å²) < 4.78 is 5.55. The van der Waals surface area contributed by atoms with Gasteiger partial charge >= 0.3 is 0 Å². The van der Waals surface area contributed by atoms with Gasteiger partial charge in [0.05, 0.1) is 6.10 Å². The Morgan fingerprint density at radius 1 is 1.41 bits per heavy atom. The van der Waals surface area contributed by atoms with Crippen molar-refractivity contribution in [1.29, 1.82) is 0 Å². The minimum atomic E-state index is 0.326. The van der Waals surface area contributed by atoms with Gasteiger partial charge in [-0.1, -0.05) is 25.1 Å². The van der Waals surface area contributed by atoms with Crippen LogP contribution in [0.1, 0.15) is 18.9 Å². The van der Waals surface area contributed by atoms with E-state index in [1.165, 1.54) is 17.7 Å². The number of benzene rings is 1. The molecule has 1 heterocycles. The second-order valence-electron chi connectivity index (χ2n) is 4.75. The third-order valence-electron chi connectivity index (χ3n) is 3.67. The molecule has 2 unspecified atom stereocenters. The number of hydrogen-bond donors (Lipinski definition) is 0. The van der Waals surface area contributed by atoms with E-state index in [2.05, 4.69) is 30.0 Å². The van der Waals surface area contributed by atoms with Crippen LogP contribution in [0.4, 0.5) is 5.69 Å². The predicted molar refractivity (Wildman–Crippen MR) is 72.8 cm³/mol. The van der Waals surface area contributed by atoms with Gasteiger partial charge in [-0.05, 0) is 24.0 Å². The summed E-state index contributed by atoms with van der Waals surface area (Å²) in [4.78, 5) is 2.39. The van der Waals surface area contributed by atoms with Crippen LogP contribution in [-0.4, -0.2) is 26.3 Å². The number of rotatable bonds is 3. The Kier molecular flexibility index (Phi) is 4.30. The van der Waals surface area contributed by atoms with Crippen molar-refractivity contribution in [2.24, 2.45) is 5.92 Å². The maximum Gasteiger partial charge on any atom is 0.0772 e. The summed E-state index contributed by atoms with van der Waals surface area (Å²) in [7, 11) is 1.80. The van der Waals surface area contributed by atoms with Gasteiger partial charge < -0.3 is 9.64 Å². The summed E-state index contributed by atoms with van der Waals surface area (Å²) in [5.74, 6) is 1.21. The smallest absolute Gasteiger partial charge is 0.0772 e. The molecule has 1 saturated heterocycles. The first-order valence-corrected chi connectivity index (χ1v) is 6.71. The van der Waals surface area contributed by atoms with E-state index in [0.717, 1.165) is 13.1 Å². The van der Waals surface area contributed by atoms with E-state index in [1.54, 1.807) is 7.11 Å². The van der Waals surface area contributed by atoms with E-state index in [0.29, 0.717) is 17.9 Å². The minimum Gasteiger partial charge on any atom is -0.379 e. The Bertz CT molecular complexity index is 369. The second kappa shape index (κ2) is 5.74. The first kappa shape index (κ1) is 12.7. The summed E-state index contributed by atoms with van der Waals surface area (Å²) >= 11 is 5.99. The van der Waals surface area contributed by atoms with Crippen LogP contribution in [0, 0.1) is 5.92 Å². The fourth-order valence-electron chi connectivity index (χ4n) is 2.49. The lowest BCUT2D eigenvalue weighted by molar-refractivity contribution is 0.0498. The highest BCUT2D eigenvalue weighted by molar-refractivity contribution is 6.17. The molecule has 2 nitrogen and oxygen atoms in total. The standard InChI is InChI=1S/C14H20ClNO/c1-11-7-8-16(10-14(11)17-2)13-6-4-3-5-12(13)9-15/h3-6,11,14H,7-10H2,1-2H3. The number of ether oxygens (including phenoxy) is 1. The van der Waals surface area contributed by atoms with Gasteiger partial charge in [-0.2, -0.15) is 0 Å². The Labute approximate surface area is 109 Å². The number of piperidine rings is 1. The fourth-order valence-corrected chi connectivity index (χ4v) is 2.72. The Hall–Kier alpha value is -0.730. The topological polar surface area (TPSA) is 12.5 Å². The molecule has 2 rings (SSSR count). The molecule has 0 saturated carbocycles. The molecule has 0 aliphatic carbocycles. The molecule has 0 bridgehead atoms. The van der Waals surface area contributed by atoms with Crippen LogP contribution in [0.5, 0.6) is 0 Å². The summed E-state index contributed by atoms with van der Waals surface area (Å²) in [6, 6.07) is 8.37. The molecule has 0 amide bonds. The Balaban J connectivity index is 2.17. The van der Waals surface area contributed by atoms with Crippen molar-refractivity contribution in [3.63, 3.8) is 0 Å². The molecule has 0 aromatic heterocycles. The monoisotopic (exact) mass is 253 g/mol. The number of anilines is 1. The zero-order valence-electron chi connectivity index (χ0n) is 10.5. The summed E-state index contributed by atoms with van der Waals surface area (Å²) in [5.41, 5.74) is 2.47. The molecule has 1 aromatic rings. The number of para-hydroxylation sites is 1. The van der Waals surface area contributed by atoms with Crippen LogP contribution in [0.25, 0.3) is 0 Å². The van der Waals surface area contributed by atoms with Crippen LogP contribution < -0.4 is 4.90 Å². The van der Waals surface area contributed by atoms with Crippen LogP contribution in [-0.2, 0) is 10.6 Å². The zero-order valence-corrected chi connectivity index (χ0v) is 11.3. The molecular weight excluding hydrogens is 234 g/mol. The van der Waals surface area contributed by atoms with Gasteiger partial charge in [0.25, 0.3) is 0 Å². The van der Waals surface area contributed by atoms with Gasteiger partial charge in [0.2, 0.25) is 0 Å². The van der Waals surface area contributed by atoms with E-state index >= 15 is 0 Å². The molecule has 1 aromatic carbocycles. The lowest BCUT2D eigenvalue weighted by Crippen LogP contribution is -2.44. The largest absolute Gasteiger partial charge is 0.379 e. The van der Waals surface area contributed by atoms with Crippen LogP contribution >= 0.6 is 11.6 Å². The van der Waals surface area contributed by atoms with Gasteiger partial charge in [-0.15, -0.1) is 11.6 Å². The van der Waals surface area contributed by atoms with Crippen molar-refractivity contribution >= 4 is 17.3 Å². The second-order valence-corrected chi connectivity index (χ2v) is 5.02. The molecule has 2 atom stereocenters. The van der Waals surface area contributed by atoms with E-state index < -0.39 is 0 Å². The van der Waals surface area contributed by atoms with Crippen molar-refractivity contribution in [3.05, 3.63) is 29.8 Å². The SMILES string of the molecule is COC1CN(c2ccccc2CCl)CCC1C. The van der Waals surface area contributed by atoms with E-state index in [1.807, 2.05) is 6.07 Å². The average Bonchev–Trinajstić information content (AvgIpc) is 2.39. The lowest BCUT2D eigenvalue weighted by atomic mass is 9.95. The van der Waals surface area contributed by atoms with Gasteiger partial charge in [-0.25, -0.2) is 0 Å². The lowest BCUT2D eigenvalue weighted by Gasteiger charge is -2.38. The summed E-state index contributed by atoms with van der Waals surface area (Å²) in [6.45, 7) is 4.32. The molecule has 1 aliphatic heterocycles. The van der Waals surface area contributed by atoms with Gasteiger partial charge in [0.15, 0.2) is 0 Å². The highest BCUT2D eigenvalue weighted by Gasteiger charge is 2.26. The summed E-state index contributed by atoms with van der Waals surface area (Å²) in [5, 5.41) is 0. The quantitative estimate of drug-likeness (QED) is 0.767. The molecule has 3 heteroatoms. The van der Waals surface area contributed by atoms with Gasteiger partial charge in [-0.3, -0.25) is 0 Å². The molecule has 0 spiro atoms. The molecule has 0 N–H and O–H groups in total. The third-order valence-corrected chi connectivity index (χ3v) is 3.96. The molecular formula is C14H20ClNO. The molecule has 17 heavy (non-hydrogen) atoms. The molecule has 1 aliphatic rings. The first-order valence-electron chi connectivity index (χ1n) is 6.18. The molecule has 0 radical (unpaired) electrons. The van der Waals surface area contributed by atoms with E-state index in [4.69, 9.17) is 16.3 Å². The van der Waals surface area contributed by atoms with E-state index in [-0.39, 0.29) is 0 Å². The number of alkyl halides is 1. The van der Waals surface area contributed by atoms with Gasteiger partial charge in [0, 0.05) is 31.8 Å². The average molecular weight is 254 g/mol. The van der Waals surface area contributed by atoms with Crippen molar-refractivity contribution in [2.45, 2.75) is 25.3 Å². The number of hydrogen-bond acceptors (Lipinski definition) is 2. The van der Waals surface area contributed by atoms with E-state index in [9.17, 15) is 0 Å². The van der Waals surface area contributed by atoms with Gasteiger partial charge in [0.1, 0.15) is 0 Å². The zero-order chi connectivity index (χ0) is 12.3. The van der Waals surface area contributed by atoms with Crippen molar-refractivity contribution < 1.29 is 4.74 Å². The van der Waals surface area contributed by atoms with Crippen molar-refractivity contribution in [3.8, 4) is 0 Å².